The molecule has 0 saturated carbocycles. The van der Waals surface area contributed by atoms with Crippen molar-refractivity contribution in [1.82, 2.24) is 0 Å². The maximum atomic E-state index is 13.0. The molecule has 0 saturated heterocycles. The Labute approximate surface area is 124 Å². The highest BCUT2D eigenvalue weighted by atomic mass is 19.1. The Bertz CT molecular complexity index is 681. The predicted octanol–water partition coefficient (Wildman–Crippen LogP) is 2.47. The molecule has 1 amide bonds. The Hall–Kier alpha value is -2.96. The molecule has 0 aliphatic rings. The largest absolute Gasteiger partial charge is 0.508 e. The number of benzene rings is 2. The standard InChI is InChI=1S/C15H11F2NO4/c16-10-5-9(6-11(17)7-10)15(21)22-8-14(20)18-12-1-3-13(19)4-2-12/h1-7,19H,8H2,(H,18,20). The number of esters is 1. The van der Waals surface area contributed by atoms with Gasteiger partial charge < -0.3 is 15.2 Å². The molecule has 2 rings (SSSR count). The smallest absolute Gasteiger partial charge is 0.338 e. The molecule has 22 heavy (non-hydrogen) atoms. The van der Waals surface area contributed by atoms with Crippen LogP contribution < -0.4 is 5.32 Å². The lowest BCUT2D eigenvalue weighted by molar-refractivity contribution is -0.119. The summed E-state index contributed by atoms with van der Waals surface area (Å²) in [5.74, 6) is -3.44. The molecule has 0 atom stereocenters. The first-order valence-electron chi connectivity index (χ1n) is 6.16. The number of ether oxygens (including phenoxy) is 1. The number of phenols is 1. The van der Waals surface area contributed by atoms with Crippen molar-refractivity contribution in [3.8, 4) is 5.75 Å². The molecule has 0 aliphatic heterocycles. The van der Waals surface area contributed by atoms with E-state index >= 15 is 0 Å². The SMILES string of the molecule is O=C(COC(=O)c1cc(F)cc(F)c1)Nc1ccc(O)cc1. The first-order chi connectivity index (χ1) is 10.4. The number of hydrogen-bond acceptors (Lipinski definition) is 4. The fraction of sp³-hybridized carbons (Fsp3) is 0.0667. The zero-order valence-electron chi connectivity index (χ0n) is 11.2. The van der Waals surface area contributed by atoms with E-state index in [2.05, 4.69) is 10.1 Å². The molecule has 0 heterocycles. The lowest BCUT2D eigenvalue weighted by Crippen LogP contribution is -2.21. The minimum Gasteiger partial charge on any atom is -0.508 e. The van der Waals surface area contributed by atoms with E-state index in [1.54, 1.807) is 0 Å². The van der Waals surface area contributed by atoms with Crippen LogP contribution in [-0.2, 0) is 9.53 Å². The molecule has 5 nitrogen and oxygen atoms in total. The Balaban J connectivity index is 1.90. The molecule has 0 spiro atoms. The molecule has 114 valence electrons. The number of aromatic hydroxyl groups is 1. The maximum Gasteiger partial charge on any atom is 0.338 e. The second kappa shape index (κ2) is 6.66. The third-order valence-corrected chi connectivity index (χ3v) is 2.58. The van der Waals surface area contributed by atoms with Gasteiger partial charge in [-0.1, -0.05) is 0 Å². The summed E-state index contributed by atoms with van der Waals surface area (Å²) in [6.45, 7) is -0.613. The highest BCUT2D eigenvalue weighted by molar-refractivity contribution is 5.95. The number of amides is 1. The van der Waals surface area contributed by atoms with Crippen molar-refractivity contribution < 1.29 is 28.2 Å². The summed E-state index contributed by atoms with van der Waals surface area (Å²) < 4.78 is 30.6. The molecule has 0 fully saturated rings. The van der Waals surface area contributed by atoms with E-state index in [1.165, 1.54) is 24.3 Å². The lowest BCUT2D eigenvalue weighted by atomic mass is 10.2. The van der Waals surface area contributed by atoms with Crippen molar-refractivity contribution in [2.75, 3.05) is 11.9 Å². The minimum absolute atomic E-state index is 0.0394. The Morgan fingerprint density at radius 1 is 1.05 bits per heavy atom. The summed E-state index contributed by atoms with van der Waals surface area (Å²) in [4.78, 5) is 23.2. The van der Waals surface area contributed by atoms with Gasteiger partial charge in [0.25, 0.3) is 5.91 Å². The maximum absolute atomic E-state index is 13.0. The third-order valence-electron chi connectivity index (χ3n) is 2.58. The van der Waals surface area contributed by atoms with Gasteiger partial charge in [0, 0.05) is 11.8 Å². The average Bonchev–Trinajstić information content (AvgIpc) is 2.46. The Morgan fingerprint density at radius 2 is 1.64 bits per heavy atom. The van der Waals surface area contributed by atoms with Crippen molar-refractivity contribution in [2.24, 2.45) is 0 Å². The number of phenolic OH excluding ortho intramolecular Hbond substituents is 1. The number of anilines is 1. The van der Waals surface area contributed by atoms with Crippen LogP contribution in [0.25, 0.3) is 0 Å². The molecule has 2 aromatic carbocycles. The topological polar surface area (TPSA) is 75.6 Å². The van der Waals surface area contributed by atoms with Crippen molar-refractivity contribution in [1.29, 1.82) is 0 Å². The summed E-state index contributed by atoms with van der Waals surface area (Å²) in [7, 11) is 0. The van der Waals surface area contributed by atoms with Crippen LogP contribution in [0.1, 0.15) is 10.4 Å². The van der Waals surface area contributed by atoms with Gasteiger partial charge in [0.05, 0.1) is 5.56 Å². The number of hydrogen-bond donors (Lipinski definition) is 2. The van der Waals surface area contributed by atoms with Gasteiger partial charge >= 0.3 is 5.97 Å². The van der Waals surface area contributed by atoms with E-state index in [-0.39, 0.29) is 11.3 Å². The van der Waals surface area contributed by atoms with Gasteiger partial charge in [0.2, 0.25) is 0 Å². The fourth-order valence-corrected chi connectivity index (χ4v) is 1.63. The van der Waals surface area contributed by atoms with Gasteiger partial charge in [-0.15, -0.1) is 0 Å². The lowest BCUT2D eigenvalue weighted by Gasteiger charge is -2.07. The molecule has 0 aliphatic carbocycles. The van der Waals surface area contributed by atoms with Gasteiger partial charge in [-0.05, 0) is 36.4 Å². The van der Waals surface area contributed by atoms with Gasteiger partial charge in [0.15, 0.2) is 6.61 Å². The van der Waals surface area contributed by atoms with Crippen LogP contribution in [0, 0.1) is 11.6 Å². The van der Waals surface area contributed by atoms with Crippen LogP contribution in [0.4, 0.5) is 14.5 Å². The van der Waals surface area contributed by atoms with Crippen LogP contribution in [-0.4, -0.2) is 23.6 Å². The molecule has 0 aromatic heterocycles. The normalized spacial score (nSPS) is 10.1. The number of nitrogens with one attached hydrogen (secondary N) is 1. The van der Waals surface area contributed by atoms with Crippen molar-refractivity contribution in [3.63, 3.8) is 0 Å². The molecule has 2 N–H and O–H groups in total. The molecule has 2 aromatic rings. The van der Waals surface area contributed by atoms with Crippen molar-refractivity contribution >= 4 is 17.6 Å². The van der Waals surface area contributed by atoms with Crippen molar-refractivity contribution in [2.45, 2.75) is 0 Å². The summed E-state index contributed by atoms with van der Waals surface area (Å²) in [6, 6.07) is 7.89. The second-order valence-electron chi connectivity index (χ2n) is 4.33. The van der Waals surface area contributed by atoms with Gasteiger partial charge in [-0.3, -0.25) is 4.79 Å². The summed E-state index contributed by atoms with van der Waals surface area (Å²) in [6.07, 6.45) is 0. The quantitative estimate of drug-likeness (QED) is 0.672. The van der Waals surface area contributed by atoms with E-state index in [0.29, 0.717) is 11.8 Å². The van der Waals surface area contributed by atoms with Crippen molar-refractivity contribution in [3.05, 3.63) is 59.7 Å². The van der Waals surface area contributed by atoms with Crippen LogP contribution >= 0.6 is 0 Å². The Morgan fingerprint density at radius 3 is 2.23 bits per heavy atom. The molecule has 7 heteroatoms. The number of rotatable bonds is 4. The number of halogens is 2. The highest BCUT2D eigenvalue weighted by Gasteiger charge is 2.13. The number of carbonyl (C=O) groups is 2. The molecule has 0 unspecified atom stereocenters. The predicted molar refractivity (Wildman–Crippen MR) is 73.4 cm³/mol. The molecular formula is C15H11F2NO4. The third kappa shape index (κ3) is 4.27. The second-order valence-corrected chi connectivity index (χ2v) is 4.33. The number of carbonyl (C=O) groups excluding carboxylic acids is 2. The van der Waals surface area contributed by atoms with Gasteiger partial charge in [-0.2, -0.15) is 0 Å². The minimum atomic E-state index is -1.01. The molecule has 0 bridgehead atoms. The fourth-order valence-electron chi connectivity index (χ4n) is 1.63. The van der Waals surface area contributed by atoms with Crippen LogP contribution in [0.2, 0.25) is 0 Å². The summed E-state index contributed by atoms with van der Waals surface area (Å²) in [5, 5.41) is 11.5. The van der Waals surface area contributed by atoms with Gasteiger partial charge in [-0.25, -0.2) is 13.6 Å². The zero-order chi connectivity index (χ0) is 16.1. The average molecular weight is 307 g/mol. The Kier molecular flexibility index (Phi) is 4.67. The summed E-state index contributed by atoms with van der Waals surface area (Å²) in [5.41, 5.74) is 0.0746. The van der Waals surface area contributed by atoms with Crippen LogP contribution in [0.5, 0.6) is 5.75 Å². The molecule has 0 radical (unpaired) electrons. The zero-order valence-corrected chi connectivity index (χ0v) is 11.2. The highest BCUT2D eigenvalue weighted by Crippen LogP contribution is 2.13. The van der Waals surface area contributed by atoms with Gasteiger partial charge in [0.1, 0.15) is 17.4 Å². The monoisotopic (exact) mass is 307 g/mol. The van der Waals surface area contributed by atoms with E-state index in [0.717, 1.165) is 12.1 Å². The summed E-state index contributed by atoms with van der Waals surface area (Å²) >= 11 is 0. The first-order valence-corrected chi connectivity index (χ1v) is 6.16. The first kappa shape index (κ1) is 15.4. The molecular weight excluding hydrogens is 296 g/mol. The van der Waals surface area contributed by atoms with E-state index < -0.39 is 30.1 Å². The van der Waals surface area contributed by atoms with E-state index in [1.807, 2.05) is 0 Å². The van der Waals surface area contributed by atoms with Crippen LogP contribution in [0.15, 0.2) is 42.5 Å². The van der Waals surface area contributed by atoms with Crippen LogP contribution in [0.3, 0.4) is 0 Å². The van der Waals surface area contributed by atoms with E-state index in [4.69, 9.17) is 5.11 Å². The van der Waals surface area contributed by atoms with E-state index in [9.17, 15) is 18.4 Å².